The molecule has 2 rings (SSSR count). The van der Waals surface area contributed by atoms with E-state index in [1.54, 1.807) is 6.20 Å². The standard InChI is InChI=1S/C15H24BN3O3/c1-10-12(8-18-19-10)7-13(9-17-11(2)20)16-21-14(3,4)15(5,6)22-16/h7-8H,9H2,1-6H3,(H,17,20)(H,18,19). The molecule has 0 radical (unpaired) electrons. The van der Waals surface area contributed by atoms with E-state index in [0.717, 1.165) is 16.7 Å². The Bertz CT molecular complexity index is 577. The van der Waals surface area contributed by atoms with E-state index < -0.39 is 18.3 Å². The van der Waals surface area contributed by atoms with Crippen molar-refractivity contribution in [1.82, 2.24) is 15.5 Å². The lowest BCUT2D eigenvalue weighted by molar-refractivity contribution is -0.118. The van der Waals surface area contributed by atoms with E-state index >= 15 is 0 Å². The molecule has 1 aromatic heterocycles. The molecule has 0 aliphatic carbocycles. The molecule has 1 saturated heterocycles. The molecule has 0 saturated carbocycles. The maximum Gasteiger partial charge on any atom is 0.492 e. The number of carbonyl (C=O) groups is 1. The van der Waals surface area contributed by atoms with Crippen LogP contribution in [0.15, 0.2) is 11.7 Å². The fraction of sp³-hybridized carbons (Fsp3) is 0.600. The highest BCUT2D eigenvalue weighted by atomic mass is 16.7. The molecule has 1 aromatic rings. The van der Waals surface area contributed by atoms with Crippen LogP contribution >= 0.6 is 0 Å². The van der Waals surface area contributed by atoms with Crippen molar-refractivity contribution in [3.05, 3.63) is 22.9 Å². The van der Waals surface area contributed by atoms with E-state index in [-0.39, 0.29) is 5.91 Å². The second-order valence-corrected chi connectivity index (χ2v) is 6.67. The van der Waals surface area contributed by atoms with Gasteiger partial charge < -0.3 is 14.6 Å². The minimum atomic E-state index is -0.494. The van der Waals surface area contributed by atoms with Gasteiger partial charge in [-0.25, -0.2) is 0 Å². The summed E-state index contributed by atoms with van der Waals surface area (Å²) >= 11 is 0. The van der Waals surface area contributed by atoms with Gasteiger partial charge in [-0.05, 0) is 40.1 Å². The molecule has 22 heavy (non-hydrogen) atoms. The number of amides is 1. The van der Waals surface area contributed by atoms with Gasteiger partial charge >= 0.3 is 7.12 Å². The molecule has 6 nitrogen and oxygen atoms in total. The molecular formula is C15H24BN3O3. The maximum atomic E-state index is 11.2. The average Bonchev–Trinajstić information content (AvgIpc) is 2.86. The Kier molecular flexibility index (Phi) is 4.49. The van der Waals surface area contributed by atoms with Crippen LogP contribution in [0.5, 0.6) is 0 Å². The Hall–Kier alpha value is -1.60. The molecule has 0 atom stereocenters. The first-order valence-electron chi connectivity index (χ1n) is 7.43. The van der Waals surface area contributed by atoms with Gasteiger partial charge in [-0.15, -0.1) is 0 Å². The van der Waals surface area contributed by atoms with Gasteiger partial charge in [0, 0.05) is 24.7 Å². The van der Waals surface area contributed by atoms with Crippen molar-refractivity contribution < 1.29 is 14.1 Å². The SMILES string of the molecule is CC(=O)NCC(=Cc1cn[nH]c1C)B1OC(C)(C)C(C)(C)O1. The molecular weight excluding hydrogens is 281 g/mol. The summed E-state index contributed by atoms with van der Waals surface area (Å²) in [5, 5.41) is 9.72. The van der Waals surface area contributed by atoms with Crippen molar-refractivity contribution in [3.8, 4) is 0 Å². The van der Waals surface area contributed by atoms with Gasteiger partial charge in [-0.3, -0.25) is 9.89 Å². The van der Waals surface area contributed by atoms with Gasteiger partial charge in [0.05, 0.1) is 17.4 Å². The molecule has 120 valence electrons. The van der Waals surface area contributed by atoms with Crippen LogP contribution in [0.25, 0.3) is 6.08 Å². The van der Waals surface area contributed by atoms with E-state index in [9.17, 15) is 4.79 Å². The van der Waals surface area contributed by atoms with Crippen LogP contribution in [0.1, 0.15) is 45.9 Å². The van der Waals surface area contributed by atoms with E-state index in [4.69, 9.17) is 9.31 Å². The Morgan fingerprint density at radius 1 is 1.36 bits per heavy atom. The monoisotopic (exact) mass is 305 g/mol. The Balaban J connectivity index is 2.28. The molecule has 1 aliphatic rings. The molecule has 1 fully saturated rings. The van der Waals surface area contributed by atoms with Crippen molar-refractivity contribution in [1.29, 1.82) is 0 Å². The third-order valence-corrected chi connectivity index (χ3v) is 4.31. The van der Waals surface area contributed by atoms with Gasteiger partial charge in [0.1, 0.15) is 0 Å². The summed E-state index contributed by atoms with van der Waals surface area (Å²) in [6.45, 7) is 11.8. The maximum absolute atomic E-state index is 11.2. The molecule has 2 heterocycles. The van der Waals surface area contributed by atoms with Crippen molar-refractivity contribution in [3.63, 3.8) is 0 Å². The fourth-order valence-electron chi connectivity index (χ4n) is 2.13. The molecule has 0 aromatic carbocycles. The van der Waals surface area contributed by atoms with Crippen LogP contribution in [0.4, 0.5) is 0 Å². The van der Waals surface area contributed by atoms with Crippen LogP contribution in [-0.2, 0) is 14.1 Å². The Morgan fingerprint density at radius 2 is 1.95 bits per heavy atom. The quantitative estimate of drug-likeness (QED) is 0.833. The van der Waals surface area contributed by atoms with Gasteiger partial charge in [0.2, 0.25) is 5.91 Å². The van der Waals surface area contributed by atoms with Crippen LogP contribution in [0, 0.1) is 6.92 Å². The number of aryl methyl sites for hydroxylation is 1. The summed E-state index contributed by atoms with van der Waals surface area (Å²) in [6, 6.07) is 0. The third-order valence-electron chi connectivity index (χ3n) is 4.31. The van der Waals surface area contributed by atoms with E-state index in [0.29, 0.717) is 6.54 Å². The third kappa shape index (κ3) is 3.42. The van der Waals surface area contributed by atoms with Crippen molar-refractivity contribution in [2.45, 2.75) is 52.7 Å². The summed E-state index contributed by atoms with van der Waals surface area (Å²) in [5.41, 5.74) is 1.93. The highest BCUT2D eigenvalue weighted by Gasteiger charge is 2.52. The first-order valence-corrected chi connectivity index (χ1v) is 7.43. The largest absolute Gasteiger partial charge is 0.492 e. The van der Waals surface area contributed by atoms with Crippen LogP contribution in [0.2, 0.25) is 0 Å². The fourth-order valence-corrected chi connectivity index (χ4v) is 2.13. The minimum Gasteiger partial charge on any atom is -0.400 e. The average molecular weight is 305 g/mol. The van der Waals surface area contributed by atoms with Crippen LogP contribution < -0.4 is 5.32 Å². The van der Waals surface area contributed by atoms with Crippen LogP contribution in [-0.4, -0.2) is 41.0 Å². The van der Waals surface area contributed by atoms with E-state index in [1.807, 2.05) is 40.7 Å². The lowest BCUT2D eigenvalue weighted by atomic mass is 9.77. The second kappa shape index (κ2) is 5.89. The highest BCUT2D eigenvalue weighted by Crippen LogP contribution is 2.38. The number of nitrogens with one attached hydrogen (secondary N) is 2. The molecule has 0 bridgehead atoms. The number of H-pyrrole nitrogens is 1. The van der Waals surface area contributed by atoms with Gasteiger partial charge in [-0.1, -0.05) is 6.08 Å². The van der Waals surface area contributed by atoms with E-state index in [1.165, 1.54) is 6.92 Å². The number of carbonyl (C=O) groups excluding carboxylic acids is 1. The number of nitrogens with zero attached hydrogens (tertiary/aromatic N) is 1. The molecule has 0 unspecified atom stereocenters. The van der Waals surface area contributed by atoms with Crippen molar-refractivity contribution >= 4 is 19.1 Å². The predicted octanol–water partition coefficient (Wildman–Crippen LogP) is 1.87. The predicted molar refractivity (Wildman–Crippen MR) is 86.1 cm³/mol. The lowest BCUT2D eigenvalue weighted by Crippen LogP contribution is -2.41. The normalized spacial score (nSPS) is 20.3. The van der Waals surface area contributed by atoms with Gasteiger partial charge in [0.25, 0.3) is 0 Å². The summed E-state index contributed by atoms with van der Waals surface area (Å²) in [5.74, 6) is -0.0914. The lowest BCUT2D eigenvalue weighted by Gasteiger charge is -2.32. The van der Waals surface area contributed by atoms with Crippen molar-refractivity contribution in [2.75, 3.05) is 6.54 Å². The number of aromatic nitrogens is 2. The number of hydrogen-bond acceptors (Lipinski definition) is 4. The number of hydrogen-bond donors (Lipinski definition) is 2. The highest BCUT2D eigenvalue weighted by molar-refractivity contribution is 6.56. The van der Waals surface area contributed by atoms with E-state index in [2.05, 4.69) is 15.5 Å². The molecule has 7 heteroatoms. The molecule has 1 amide bonds. The smallest absolute Gasteiger partial charge is 0.400 e. The zero-order valence-electron chi connectivity index (χ0n) is 14.1. The first-order chi connectivity index (χ1) is 10.1. The second-order valence-electron chi connectivity index (χ2n) is 6.67. The Morgan fingerprint density at radius 3 is 2.41 bits per heavy atom. The summed E-state index contributed by atoms with van der Waals surface area (Å²) in [7, 11) is -0.494. The molecule has 0 spiro atoms. The van der Waals surface area contributed by atoms with Crippen LogP contribution in [0.3, 0.4) is 0 Å². The topological polar surface area (TPSA) is 76.2 Å². The first kappa shape index (κ1) is 16.8. The summed E-state index contributed by atoms with van der Waals surface area (Å²) in [6.07, 6.45) is 3.70. The van der Waals surface area contributed by atoms with Gasteiger partial charge in [0.15, 0.2) is 0 Å². The zero-order valence-corrected chi connectivity index (χ0v) is 14.1. The number of rotatable bonds is 4. The zero-order chi connectivity index (χ0) is 16.5. The van der Waals surface area contributed by atoms with Crippen molar-refractivity contribution in [2.24, 2.45) is 0 Å². The summed E-state index contributed by atoms with van der Waals surface area (Å²) < 4.78 is 12.1. The minimum absolute atomic E-state index is 0.0914. The number of aromatic amines is 1. The summed E-state index contributed by atoms with van der Waals surface area (Å²) in [4.78, 5) is 11.2. The molecule has 1 aliphatic heterocycles. The van der Waals surface area contributed by atoms with Gasteiger partial charge in [-0.2, -0.15) is 5.10 Å². The molecule has 2 N–H and O–H groups in total. The Labute approximate surface area is 131 Å².